The predicted molar refractivity (Wildman–Crippen MR) is 101 cm³/mol. The fourth-order valence-corrected chi connectivity index (χ4v) is 1.57. The number of nitriles is 1. The molecule has 0 spiro atoms. The Kier molecular flexibility index (Phi) is 16.7. The molecule has 23 heavy (non-hydrogen) atoms. The molecular weight excluding hydrogens is 388 g/mol. The molecule has 0 aliphatic rings. The summed E-state index contributed by atoms with van der Waals surface area (Å²) in [6, 6.07) is 17.8. The topological polar surface area (TPSA) is 36.7 Å². The van der Waals surface area contributed by atoms with Gasteiger partial charge in [0.2, 0.25) is 0 Å². The quantitative estimate of drug-likeness (QED) is 0.355. The van der Waals surface area contributed by atoms with E-state index >= 15 is 0 Å². The number of hydrogen-bond acceptors (Lipinski definition) is 2. The molecule has 2 aromatic rings. The van der Waals surface area contributed by atoms with Gasteiger partial charge in [-0.2, -0.15) is 11.3 Å². The summed E-state index contributed by atoms with van der Waals surface area (Å²) < 4.78 is 0. The van der Waals surface area contributed by atoms with Crippen molar-refractivity contribution in [1.29, 1.82) is 5.26 Å². The van der Waals surface area contributed by atoms with Crippen molar-refractivity contribution in [3.8, 4) is 6.07 Å². The number of benzene rings is 1. The molecule has 1 atom stereocenters. The zero-order valence-corrected chi connectivity index (χ0v) is 17.5. The van der Waals surface area contributed by atoms with Gasteiger partial charge in [-0.25, -0.2) is 6.92 Å². The average molecular weight is 415 g/mol. The van der Waals surface area contributed by atoms with Crippen molar-refractivity contribution < 1.29 is 19.5 Å². The minimum atomic E-state index is 0. The fourth-order valence-electron chi connectivity index (χ4n) is 1.35. The normalized spacial score (nSPS) is 8.52. The van der Waals surface area contributed by atoms with Gasteiger partial charge in [0.1, 0.15) is 0 Å². The molecule has 0 fully saturated rings. The summed E-state index contributed by atoms with van der Waals surface area (Å²) in [4.78, 5) is 4.33. The Hall–Kier alpha value is -1.22. The summed E-state index contributed by atoms with van der Waals surface area (Å²) in [5, 5.41) is 8.56. The van der Waals surface area contributed by atoms with Crippen molar-refractivity contribution in [2.24, 2.45) is 0 Å². The van der Waals surface area contributed by atoms with Crippen molar-refractivity contribution in [3.05, 3.63) is 74.3 Å². The fraction of sp³-hybridized carbons (Fsp3) is 0.263. The Bertz CT molecular complexity index is 558. The second kappa shape index (κ2) is 14.4. The maximum atomic E-state index is 7.32. The van der Waals surface area contributed by atoms with Crippen molar-refractivity contribution in [2.45, 2.75) is 33.1 Å². The van der Waals surface area contributed by atoms with Crippen LogP contribution in [-0.2, 0) is 24.9 Å². The zero-order chi connectivity index (χ0) is 16.3. The van der Waals surface area contributed by atoms with Crippen LogP contribution >= 0.6 is 9.24 Å². The van der Waals surface area contributed by atoms with Gasteiger partial charge in [-0.05, 0) is 5.30 Å². The maximum Gasteiger partial charge on any atom is 2.00 e. The summed E-state index contributed by atoms with van der Waals surface area (Å²) in [7, 11) is 2.63. The number of aromatic nitrogens is 1. The van der Waals surface area contributed by atoms with Gasteiger partial charge in [0, 0.05) is 18.0 Å². The molecule has 0 amide bonds. The summed E-state index contributed by atoms with van der Waals surface area (Å²) >= 11 is 0. The van der Waals surface area contributed by atoms with Crippen molar-refractivity contribution in [2.75, 3.05) is 0 Å². The second-order valence-corrected chi connectivity index (χ2v) is 6.07. The molecule has 4 heteroatoms. The van der Waals surface area contributed by atoms with Gasteiger partial charge in [0.15, 0.2) is 0 Å². The van der Waals surface area contributed by atoms with Gasteiger partial charge < -0.3 is 7.43 Å². The Morgan fingerprint density at radius 3 is 1.78 bits per heavy atom. The third kappa shape index (κ3) is 14.1. The van der Waals surface area contributed by atoms with E-state index < -0.39 is 0 Å². The van der Waals surface area contributed by atoms with Gasteiger partial charge in [-0.1, -0.05) is 57.2 Å². The van der Waals surface area contributed by atoms with Gasteiger partial charge in [-0.3, -0.25) is 4.98 Å². The Labute approximate surface area is 157 Å². The van der Waals surface area contributed by atoms with Crippen molar-refractivity contribution >= 4 is 14.5 Å². The van der Waals surface area contributed by atoms with Crippen molar-refractivity contribution in [1.82, 2.24) is 4.98 Å². The third-order valence-corrected chi connectivity index (χ3v) is 2.76. The minimum absolute atomic E-state index is 0. The van der Waals surface area contributed by atoms with Crippen LogP contribution in [0.4, 0.5) is 0 Å². The molecule has 126 valence electrons. The summed E-state index contributed by atoms with van der Waals surface area (Å²) in [6.07, 6.45) is 0. The average Bonchev–Trinajstić information content (AvgIpc) is 2.40. The van der Waals surface area contributed by atoms with Crippen molar-refractivity contribution in [3.63, 3.8) is 0 Å². The first-order valence-corrected chi connectivity index (χ1v) is 7.30. The molecule has 0 aliphatic carbocycles. The summed E-state index contributed by atoms with van der Waals surface area (Å²) in [5.74, 6) is 0. The van der Waals surface area contributed by atoms with E-state index in [0.29, 0.717) is 0 Å². The summed E-state index contributed by atoms with van der Waals surface area (Å²) in [6.45, 7) is 11.7. The molecule has 0 bridgehead atoms. The van der Waals surface area contributed by atoms with Crippen LogP contribution < -0.4 is 5.30 Å². The van der Waals surface area contributed by atoms with Crippen LogP contribution in [0.25, 0.3) is 0 Å². The third-order valence-electron chi connectivity index (χ3n) is 2.37. The molecule has 2 nitrogen and oxygen atoms in total. The van der Waals surface area contributed by atoms with E-state index in [-0.39, 0.29) is 32.3 Å². The van der Waals surface area contributed by atoms with Gasteiger partial charge in [0.25, 0.3) is 0 Å². The van der Waals surface area contributed by atoms with E-state index in [0.717, 1.165) is 11.4 Å². The first-order valence-electron chi connectivity index (χ1n) is 6.72. The molecule has 1 aromatic heterocycles. The SMILES string of the molecule is CC#N.Pc1ccccc1.[CH2-]c1cccc(C(C)(C)C)n1.[CH3-].[Ru+2]. The van der Waals surface area contributed by atoms with Gasteiger partial charge in [0.05, 0.1) is 6.07 Å². The first kappa shape index (κ1) is 26.7. The second-order valence-electron chi connectivity index (χ2n) is 5.40. The maximum absolute atomic E-state index is 7.32. The van der Waals surface area contributed by atoms with E-state index in [2.05, 4.69) is 41.9 Å². The largest absolute Gasteiger partial charge is 2.00 e. The Morgan fingerprint density at radius 1 is 1.04 bits per heavy atom. The molecule has 1 unspecified atom stereocenters. The van der Waals surface area contributed by atoms with Crippen LogP contribution in [0.1, 0.15) is 39.1 Å². The molecule has 2 rings (SSSR count). The molecule has 0 saturated heterocycles. The Morgan fingerprint density at radius 2 is 1.52 bits per heavy atom. The van der Waals surface area contributed by atoms with Crippen LogP contribution in [0.2, 0.25) is 0 Å². The standard InChI is InChI=1S/C10H14N.C6H7P.C2H3N.CH3.Ru/c1-8-6-5-7-9(11-8)10(2,3)4;7-6-4-2-1-3-5-6;1-2-3;;/h5-7H,1H2,2-4H3;1-5H,7H2;1H3;1H3;/q-1;;;-1;+2. The van der Waals surface area contributed by atoms with E-state index in [1.807, 2.05) is 48.5 Å². The van der Waals surface area contributed by atoms with E-state index in [9.17, 15) is 0 Å². The smallest absolute Gasteiger partial charge is 0.358 e. The number of nitrogens with zero attached hydrogens (tertiary/aromatic N) is 2. The van der Waals surface area contributed by atoms with Crippen LogP contribution in [0.15, 0.2) is 48.5 Å². The molecular formula is C19H27N2PRu. The van der Waals surface area contributed by atoms with Gasteiger partial charge in [-0.15, -0.1) is 21.0 Å². The molecule has 0 saturated carbocycles. The number of hydrogen-bond donors (Lipinski definition) is 0. The molecule has 1 aromatic carbocycles. The zero-order valence-electron chi connectivity index (χ0n) is 14.7. The van der Waals surface area contributed by atoms with Crippen LogP contribution in [0.3, 0.4) is 0 Å². The van der Waals surface area contributed by atoms with E-state index in [4.69, 9.17) is 5.26 Å². The van der Waals surface area contributed by atoms with Crippen LogP contribution in [-0.4, -0.2) is 4.98 Å². The van der Waals surface area contributed by atoms with E-state index in [1.54, 1.807) is 6.07 Å². The molecule has 0 aliphatic heterocycles. The predicted octanol–water partition coefficient (Wildman–Crippen LogP) is 4.73. The van der Waals surface area contributed by atoms with Crippen LogP contribution in [0, 0.1) is 25.7 Å². The molecule has 1 heterocycles. The van der Waals surface area contributed by atoms with Gasteiger partial charge >= 0.3 is 19.5 Å². The number of pyridine rings is 1. The minimum Gasteiger partial charge on any atom is -0.358 e. The van der Waals surface area contributed by atoms with E-state index in [1.165, 1.54) is 12.2 Å². The summed E-state index contributed by atoms with van der Waals surface area (Å²) in [5.41, 5.74) is 2.08. The molecule has 0 N–H and O–H groups in total. The molecule has 0 radical (unpaired) electrons. The first-order chi connectivity index (χ1) is 9.81. The number of rotatable bonds is 0. The monoisotopic (exact) mass is 416 g/mol. The van der Waals surface area contributed by atoms with Crippen LogP contribution in [0.5, 0.6) is 0 Å². The Balaban J connectivity index is -0.000000291.